The van der Waals surface area contributed by atoms with Crippen molar-refractivity contribution in [2.75, 3.05) is 33.4 Å². The molecule has 0 bridgehead atoms. The molecule has 0 fully saturated rings. The first kappa shape index (κ1) is 19.1. The minimum Gasteiger partial charge on any atom is -0.480 e. The molecule has 0 radical (unpaired) electrons. The van der Waals surface area contributed by atoms with Crippen LogP contribution in [0.3, 0.4) is 0 Å². The lowest BCUT2D eigenvalue weighted by atomic mass is 9.92. The number of rotatable bonds is 12. The summed E-state index contributed by atoms with van der Waals surface area (Å²) in [5.74, 6) is -3.71. The Morgan fingerprint density at radius 2 is 1.65 bits per heavy atom. The highest BCUT2D eigenvalue weighted by molar-refractivity contribution is 5.73. The van der Waals surface area contributed by atoms with Crippen LogP contribution in [0.25, 0.3) is 0 Å². The van der Waals surface area contributed by atoms with E-state index in [0.717, 1.165) is 0 Å². The predicted molar refractivity (Wildman–Crippen MR) is 69.0 cm³/mol. The number of carboxylic acids is 1. The van der Waals surface area contributed by atoms with Crippen LogP contribution >= 0.6 is 0 Å². The molecule has 2 atom stereocenters. The van der Waals surface area contributed by atoms with Gasteiger partial charge in [0.15, 0.2) is 0 Å². The van der Waals surface area contributed by atoms with Gasteiger partial charge in [-0.3, -0.25) is 20.7 Å². The Hall–Kier alpha value is -0.850. The van der Waals surface area contributed by atoms with Crippen molar-refractivity contribution in [1.29, 1.82) is 0 Å². The lowest BCUT2D eigenvalue weighted by Crippen LogP contribution is -2.75. The van der Waals surface area contributed by atoms with Crippen LogP contribution in [0.1, 0.15) is 6.92 Å². The molecule has 9 N–H and O–H groups in total. The molecule has 0 rings (SSSR count). The number of ether oxygens (including phenoxy) is 1. The molecule has 10 heteroatoms. The van der Waals surface area contributed by atoms with Gasteiger partial charge in [-0.05, 0) is 6.92 Å². The fourth-order valence-corrected chi connectivity index (χ4v) is 1.87. The second-order valence-corrected chi connectivity index (χ2v) is 3.94. The van der Waals surface area contributed by atoms with E-state index in [4.69, 9.17) is 30.9 Å². The van der Waals surface area contributed by atoms with Crippen LogP contribution in [0.5, 0.6) is 0 Å². The maximum absolute atomic E-state index is 11.1. The van der Waals surface area contributed by atoms with Crippen LogP contribution in [0.4, 0.5) is 0 Å². The first-order chi connectivity index (χ1) is 9.48. The largest absolute Gasteiger partial charge is 0.480 e. The summed E-state index contributed by atoms with van der Waals surface area (Å²) in [7, 11) is 0. The summed E-state index contributed by atoms with van der Waals surface area (Å²) < 4.78 is 5.20. The number of hydrogen-bond donors (Lipinski definition) is 8. The summed E-state index contributed by atoms with van der Waals surface area (Å²) in [6, 6.07) is -1.36. The average molecular weight is 296 g/mol. The lowest BCUT2D eigenvalue weighted by molar-refractivity contribution is -0.143. The summed E-state index contributed by atoms with van der Waals surface area (Å²) in [5, 5.41) is 43.9. The van der Waals surface area contributed by atoms with Crippen molar-refractivity contribution in [3.63, 3.8) is 0 Å². The Bertz CT molecular complexity index is 263. The van der Waals surface area contributed by atoms with Gasteiger partial charge in [-0.15, -0.1) is 0 Å². The monoisotopic (exact) mass is 296 g/mol. The van der Waals surface area contributed by atoms with Crippen LogP contribution in [0.15, 0.2) is 0 Å². The normalized spacial score (nSPS) is 15.1. The minimum atomic E-state index is -1.51. The molecule has 0 heterocycles. The van der Waals surface area contributed by atoms with E-state index < -0.39 is 43.9 Å². The highest BCUT2D eigenvalue weighted by Crippen LogP contribution is 2.17. The predicted octanol–water partition coefficient (Wildman–Crippen LogP) is -3.68. The van der Waals surface area contributed by atoms with Gasteiger partial charge in [0.05, 0.1) is 32.7 Å². The maximum Gasteiger partial charge on any atom is 0.321 e. The summed E-state index contributed by atoms with van der Waals surface area (Å²) in [5.41, 5.74) is 5.63. The number of aliphatic hydroxyl groups is 3. The second-order valence-electron chi connectivity index (χ2n) is 3.94. The first-order valence-corrected chi connectivity index (χ1v) is 6.12. The minimum absolute atomic E-state index is 0.0725. The van der Waals surface area contributed by atoms with Crippen LogP contribution < -0.4 is 21.7 Å². The number of aliphatic hydroxyl groups excluding tert-OH is 3. The Morgan fingerprint density at radius 1 is 1.20 bits per heavy atom. The summed E-state index contributed by atoms with van der Waals surface area (Å²) in [4.78, 5) is 11.1. The van der Waals surface area contributed by atoms with E-state index in [9.17, 15) is 4.79 Å². The molecule has 2 unspecified atom stereocenters. The van der Waals surface area contributed by atoms with Gasteiger partial charge < -0.3 is 30.9 Å². The van der Waals surface area contributed by atoms with Gasteiger partial charge in [0.1, 0.15) is 11.8 Å². The summed E-state index contributed by atoms with van der Waals surface area (Å²) in [6.45, 7) is 0.343. The van der Waals surface area contributed by atoms with Gasteiger partial charge in [-0.25, -0.2) is 0 Å². The second kappa shape index (κ2) is 9.96. The smallest absolute Gasteiger partial charge is 0.321 e. The molecule has 0 saturated heterocycles. The Labute approximate surface area is 116 Å². The Balaban J connectivity index is 5.37. The van der Waals surface area contributed by atoms with E-state index in [1.165, 1.54) is 0 Å². The quantitative estimate of drug-likeness (QED) is 0.168. The van der Waals surface area contributed by atoms with Crippen molar-refractivity contribution in [2.24, 2.45) is 11.7 Å². The number of carbonyl (C=O) groups is 1. The molecule has 0 aliphatic rings. The van der Waals surface area contributed by atoms with Gasteiger partial charge in [-0.2, -0.15) is 0 Å². The first-order valence-electron chi connectivity index (χ1n) is 6.12. The Kier molecular flexibility index (Phi) is 9.54. The zero-order valence-corrected chi connectivity index (χ0v) is 11.4. The summed E-state index contributed by atoms with van der Waals surface area (Å²) in [6.07, 6.45) is 0. The zero-order chi connectivity index (χ0) is 15.6. The molecule has 0 aromatic heterocycles. The molecule has 0 amide bonds. The standard InChI is InChI=1S/C10H24N4O6/c1-2-20-3-7(8(11)9(18)19)10(12-4-15,13-5-16)14-6-17/h7-8,12-17H,2-6,11H2,1H3,(H,18,19). The molecule has 10 nitrogen and oxygen atoms in total. The van der Waals surface area contributed by atoms with E-state index in [-0.39, 0.29) is 6.61 Å². The zero-order valence-electron chi connectivity index (χ0n) is 11.4. The fourth-order valence-electron chi connectivity index (χ4n) is 1.87. The number of hydrogen-bond acceptors (Lipinski definition) is 9. The topological polar surface area (TPSA) is 169 Å². The Morgan fingerprint density at radius 3 is 1.95 bits per heavy atom. The maximum atomic E-state index is 11.1. The third-order valence-corrected chi connectivity index (χ3v) is 2.85. The third kappa shape index (κ3) is 5.26. The van der Waals surface area contributed by atoms with E-state index in [1.54, 1.807) is 6.92 Å². The molecule has 0 aliphatic heterocycles. The van der Waals surface area contributed by atoms with Crippen molar-refractivity contribution < 1.29 is 30.0 Å². The van der Waals surface area contributed by atoms with Gasteiger partial charge in [0, 0.05) is 6.61 Å². The summed E-state index contributed by atoms with van der Waals surface area (Å²) >= 11 is 0. The molecule has 0 aliphatic carbocycles. The van der Waals surface area contributed by atoms with E-state index in [0.29, 0.717) is 6.61 Å². The van der Waals surface area contributed by atoms with Gasteiger partial charge in [-0.1, -0.05) is 0 Å². The van der Waals surface area contributed by atoms with Crippen LogP contribution in [0, 0.1) is 5.92 Å². The number of carboxylic acid groups (broad SMARTS) is 1. The van der Waals surface area contributed by atoms with Crippen molar-refractivity contribution in [1.82, 2.24) is 16.0 Å². The molecular formula is C10H24N4O6. The molecule has 20 heavy (non-hydrogen) atoms. The highest BCUT2D eigenvalue weighted by atomic mass is 16.5. The molecule has 0 aromatic rings. The molecule has 0 aromatic carbocycles. The van der Waals surface area contributed by atoms with E-state index >= 15 is 0 Å². The third-order valence-electron chi connectivity index (χ3n) is 2.85. The average Bonchev–Trinajstić information content (AvgIpc) is 2.39. The van der Waals surface area contributed by atoms with Crippen LogP contribution in [-0.4, -0.2) is 71.6 Å². The highest BCUT2D eigenvalue weighted by Gasteiger charge is 2.43. The van der Waals surface area contributed by atoms with Crippen molar-refractivity contribution in [2.45, 2.75) is 18.8 Å². The van der Waals surface area contributed by atoms with Gasteiger partial charge >= 0.3 is 5.97 Å². The molecular weight excluding hydrogens is 272 g/mol. The molecule has 0 spiro atoms. The van der Waals surface area contributed by atoms with Crippen molar-refractivity contribution >= 4 is 5.97 Å². The molecule has 120 valence electrons. The van der Waals surface area contributed by atoms with Crippen molar-refractivity contribution in [3.05, 3.63) is 0 Å². The van der Waals surface area contributed by atoms with Crippen molar-refractivity contribution in [3.8, 4) is 0 Å². The molecule has 0 saturated carbocycles. The van der Waals surface area contributed by atoms with E-state index in [1.807, 2.05) is 0 Å². The van der Waals surface area contributed by atoms with Gasteiger partial charge in [0.25, 0.3) is 0 Å². The fraction of sp³-hybridized carbons (Fsp3) is 0.900. The van der Waals surface area contributed by atoms with Gasteiger partial charge in [0.2, 0.25) is 0 Å². The van der Waals surface area contributed by atoms with Crippen LogP contribution in [0.2, 0.25) is 0 Å². The SMILES string of the molecule is CCOCC(C(N)C(=O)O)C(NCO)(NCO)NCO. The number of nitrogens with one attached hydrogen (secondary N) is 3. The van der Waals surface area contributed by atoms with Crippen LogP contribution in [-0.2, 0) is 9.53 Å². The number of aliphatic carboxylic acids is 1. The van der Waals surface area contributed by atoms with E-state index in [2.05, 4.69) is 16.0 Å². The number of nitrogens with two attached hydrogens (primary N) is 1. The lowest BCUT2D eigenvalue weighted by Gasteiger charge is -2.43.